The molecular weight excluding hydrogens is 1160 g/mol. The molecule has 5 atom stereocenters. The highest BCUT2D eigenvalue weighted by atomic mass is 31.2. The molecule has 0 aromatic rings. The second-order valence-corrected chi connectivity index (χ2v) is 28.3. The second-order valence-electron chi connectivity index (χ2n) is 25.4. The summed E-state index contributed by atoms with van der Waals surface area (Å²) in [7, 11) is -9.89. The largest absolute Gasteiger partial charge is 0.472 e. The molecule has 17 nitrogen and oxygen atoms in total. The van der Waals surface area contributed by atoms with Gasteiger partial charge in [0, 0.05) is 25.7 Å². The number of ether oxygens (including phenoxy) is 4. The van der Waals surface area contributed by atoms with Crippen molar-refractivity contribution in [1.29, 1.82) is 0 Å². The molecule has 0 aromatic carbocycles. The summed E-state index contributed by atoms with van der Waals surface area (Å²) in [5.41, 5.74) is 0. The van der Waals surface area contributed by atoms with Crippen LogP contribution in [0.5, 0.6) is 0 Å². The summed E-state index contributed by atoms with van der Waals surface area (Å²) >= 11 is 0. The van der Waals surface area contributed by atoms with Gasteiger partial charge < -0.3 is 33.8 Å². The molecule has 0 bridgehead atoms. The average Bonchev–Trinajstić information content (AvgIpc) is 3.60. The third kappa shape index (κ3) is 62.8. The molecule has 3 N–H and O–H groups in total. The van der Waals surface area contributed by atoms with Gasteiger partial charge in [-0.3, -0.25) is 37.3 Å². The minimum Gasteiger partial charge on any atom is -0.462 e. The summed E-state index contributed by atoms with van der Waals surface area (Å²) in [5.74, 6) is -1.41. The molecule has 0 aromatic heterocycles. The molecule has 0 saturated carbocycles. The minimum absolute atomic E-state index is 0.105. The van der Waals surface area contributed by atoms with Crippen LogP contribution in [-0.2, 0) is 65.4 Å². The van der Waals surface area contributed by atoms with E-state index in [0.29, 0.717) is 25.7 Å². The number of carbonyl (C=O) groups excluding carboxylic acids is 4. The molecule has 2 unspecified atom stereocenters. The lowest BCUT2D eigenvalue weighted by atomic mass is 10.0. The molecule has 0 aliphatic heterocycles. The van der Waals surface area contributed by atoms with E-state index < -0.39 is 97.5 Å². The van der Waals surface area contributed by atoms with Crippen molar-refractivity contribution >= 4 is 39.5 Å². The van der Waals surface area contributed by atoms with E-state index >= 15 is 0 Å². The number of hydrogen-bond donors (Lipinski definition) is 3. The molecule has 0 aliphatic carbocycles. The van der Waals surface area contributed by atoms with Crippen molar-refractivity contribution in [2.75, 3.05) is 39.6 Å². The zero-order chi connectivity index (χ0) is 64.9. The maximum Gasteiger partial charge on any atom is 0.472 e. The van der Waals surface area contributed by atoms with Crippen molar-refractivity contribution in [2.45, 2.75) is 374 Å². The van der Waals surface area contributed by atoms with Crippen molar-refractivity contribution < 1.29 is 80.2 Å². The van der Waals surface area contributed by atoms with E-state index in [0.717, 1.165) is 95.8 Å². The number of phosphoric ester groups is 2. The van der Waals surface area contributed by atoms with Crippen molar-refractivity contribution in [1.82, 2.24) is 0 Å². The lowest BCUT2D eigenvalue weighted by Crippen LogP contribution is -2.30. The molecule has 522 valence electrons. The van der Waals surface area contributed by atoms with Gasteiger partial charge in [0.05, 0.1) is 26.4 Å². The molecule has 19 heteroatoms. The van der Waals surface area contributed by atoms with Crippen LogP contribution in [0, 0.1) is 5.92 Å². The molecule has 0 heterocycles. The Balaban J connectivity index is 5.23. The Morgan fingerprint density at radius 3 is 0.773 bits per heavy atom. The van der Waals surface area contributed by atoms with Crippen LogP contribution in [0.15, 0.2) is 0 Å². The molecule has 0 fully saturated rings. The molecule has 0 saturated heterocycles. The first-order valence-corrected chi connectivity index (χ1v) is 39.1. The second kappa shape index (κ2) is 62.5. The van der Waals surface area contributed by atoms with Gasteiger partial charge in [0.1, 0.15) is 19.3 Å². The first-order valence-electron chi connectivity index (χ1n) is 36.1. The molecule has 0 aliphatic rings. The fourth-order valence-electron chi connectivity index (χ4n) is 10.5. The number of hydrogen-bond acceptors (Lipinski definition) is 15. The first-order chi connectivity index (χ1) is 42.5. The normalized spacial score (nSPS) is 14.1. The van der Waals surface area contributed by atoms with Crippen LogP contribution in [0.1, 0.15) is 356 Å². The molecule has 0 amide bonds. The van der Waals surface area contributed by atoms with E-state index in [2.05, 4.69) is 34.6 Å². The summed E-state index contributed by atoms with van der Waals surface area (Å²) in [6.45, 7) is 7.19. The summed E-state index contributed by atoms with van der Waals surface area (Å²) in [6, 6.07) is 0. The van der Waals surface area contributed by atoms with Crippen molar-refractivity contribution in [3.8, 4) is 0 Å². The van der Waals surface area contributed by atoms with Gasteiger partial charge in [-0.15, -0.1) is 0 Å². The van der Waals surface area contributed by atoms with Crippen LogP contribution in [-0.4, -0.2) is 96.7 Å². The topological polar surface area (TPSA) is 237 Å². The lowest BCUT2D eigenvalue weighted by molar-refractivity contribution is -0.161. The fourth-order valence-corrected chi connectivity index (χ4v) is 12.0. The Hall–Kier alpha value is -1.94. The third-order valence-electron chi connectivity index (χ3n) is 16.0. The van der Waals surface area contributed by atoms with Gasteiger partial charge in [0.2, 0.25) is 0 Å². The smallest absolute Gasteiger partial charge is 0.462 e. The van der Waals surface area contributed by atoms with Crippen LogP contribution in [0.25, 0.3) is 0 Å². The number of carbonyl (C=O) groups is 4. The zero-order valence-electron chi connectivity index (χ0n) is 56.9. The third-order valence-corrected chi connectivity index (χ3v) is 17.9. The van der Waals surface area contributed by atoms with Gasteiger partial charge in [0.25, 0.3) is 0 Å². The highest BCUT2D eigenvalue weighted by Crippen LogP contribution is 2.45. The Morgan fingerprint density at radius 2 is 0.523 bits per heavy atom. The first kappa shape index (κ1) is 86.1. The highest BCUT2D eigenvalue weighted by molar-refractivity contribution is 7.47. The monoisotopic (exact) mass is 1300 g/mol. The Bertz CT molecular complexity index is 1700. The summed E-state index contributed by atoms with van der Waals surface area (Å²) in [6.07, 6.45) is 48.5. The van der Waals surface area contributed by atoms with Crippen molar-refractivity contribution in [3.63, 3.8) is 0 Å². The zero-order valence-corrected chi connectivity index (χ0v) is 58.6. The van der Waals surface area contributed by atoms with Crippen LogP contribution < -0.4 is 0 Å². The van der Waals surface area contributed by atoms with Crippen molar-refractivity contribution in [2.24, 2.45) is 5.92 Å². The quantitative estimate of drug-likeness (QED) is 0.0222. The molecule has 0 rings (SSSR count). The van der Waals surface area contributed by atoms with E-state index in [1.54, 1.807) is 0 Å². The van der Waals surface area contributed by atoms with Gasteiger partial charge in [-0.2, -0.15) is 0 Å². The number of phosphoric acid groups is 2. The van der Waals surface area contributed by atoms with Crippen molar-refractivity contribution in [3.05, 3.63) is 0 Å². The van der Waals surface area contributed by atoms with Gasteiger partial charge >= 0.3 is 39.5 Å². The molecular formula is C69H134O17P2. The number of unbranched alkanes of at least 4 members (excludes halogenated alkanes) is 41. The van der Waals surface area contributed by atoms with Crippen LogP contribution >= 0.6 is 15.6 Å². The maximum absolute atomic E-state index is 13.0. The van der Waals surface area contributed by atoms with Gasteiger partial charge in [-0.05, 0) is 31.6 Å². The Labute approximate surface area is 537 Å². The summed E-state index contributed by atoms with van der Waals surface area (Å²) in [5, 5.41) is 10.6. The van der Waals surface area contributed by atoms with Gasteiger partial charge in [0.15, 0.2) is 12.2 Å². The van der Waals surface area contributed by atoms with Crippen LogP contribution in [0.2, 0.25) is 0 Å². The van der Waals surface area contributed by atoms with Gasteiger partial charge in [-0.25, -0.2) is 9.13 Å². The summed E-state index contributed by atoms with van der Waals surface area (Å²) < 4.78 is 68.2. The Morgan fingerprint density at radius 1 is 0.307 bits per heavy atom. The predicted octanol–water partition coefficient (Wildman–Crippen LogP) is 19.7. The Kier molecular flexibility index (Phi) is 61.1. The van der Waals surface area contributed by atoms with E-state index in [9.17, 15) is 43.2 Å². The summed E-state index contributed by atoms with van der Waals surface area (Å²) in [4.78, 5) is 72.4. The minimum atomic E-state index is -4.95. The molecule has 0 spiro atoms. The van der Waals surface area contributed by atoms with E-state index in [4.69, 9.17) is 37.0 Å². The maximum atomic E-state index is 13.0. The fraction of sp³-hybridized carbons (Fsp3) is 0.942. The number of esters is 4. The van der Waals surface area contributed by atoms with E-state index in [1.807, 2.05) is 0 Å². The predicted molar refractivity (Wildman–Crippen MR) is 354 cm³/mol. The number of aliphatic hydroxyl groups is 1. The van der Waals surface area contributed by atoms with E-state index in [1.165, 1.54) is 180 Å². The number of rotatable bonds is 69. The average molecular weight is 1300 g/mol. The van der Waals surface area contributed by atoms with Crippen LogP contribution in [0.3, 0.4) is 0 Å². The molecule has 0 radical (unpaired) electrons. The molecule has 88 heavy (non-hydrogen) atoms. The number of aliphatic hydroxyl groups excluding tert-OH is 1. The highest BCUT2D eigenvalue weighted by Gasteiger charge is 2.30. The lowest BCUT2D eigenvalue weighted by Gasteiger charge is -2.21. The SMILES string of the molecule is CCCCCCCCCCCCCCCCCC(=O)O[C@H](COC(=O)CCCCCCCCCCCCCCC)COP(=O)(O)OC[C@@H](O)COP(=O)(O)OC[C@@H](COC(=O)CCCCCCCCCCC)OC(=O)CCCCCCCCCCC(C)C. The van der Waals surface area contributed by atoms with Gasteiger partial charge in [-0.1, -0.05) is 304 Å². The van der Waals surface area contributed by atoms with E-state index in [-0.39, 0.29) is 25.7 Å². The standard InChI is InChI=1S/C69H134O17P2/c1-6-9-12-15-18-21-23-25-26-28-30-33-39-44-49-54-68(73)85-64(59-80-67(72)53-48-43-38-32-29-27-24-22-19-16-13-10-7-2)60-83-87(75,76)81-56-63(70)57-82-88(77,78)84-61-65(58-79-66(71)52-47-42-37-31-20-17-14-11-8-3)86-69(74)55-50-45-40-35-34-36-41-46-51-62(4)5/h62-65,70H,6-61H2,1-5H3,(H,75,76)(H,77,78)/t63-,64-,65-/m1/s1. The van der Waals surface area contributed by atoms with Crippen LogP contribution in [0.4, 0.5) is 0 Å².